The van der Waals surface area contributed by atoms with E-state index in [1.807, 2.05) is 12.1 Å². The van der Waals surface area contributed by atoms with Crippen molar-refractivity contribution in [3.63, 3.8) is 0 Å². The van der Waals surface area contributed by atoms with Crippen LogP contribution in [0.4, 0.5) is 0 Å². The number of phenols is 1. The standard InChI is InChI=1S/C8H8O.C3H6O/c1-2-7-3-5-8(9)6-4-7;1-2-4-3-1/h2-6,9H,1H2;1-3H2. The molecule has 0 saturated carbocycles. The summed E-state index contributed by atoms with van der Waals surface area (Å²) in [5, 5.41) is 8.82. The van der Waals surface area contributed by atoms with E-state index >= 15 is 0 Å². The summed E-state index contributed by atoms with van der Waals surface area (Å²) >= 11 is 0. The Morgan fingerprint density at radius 3 is 2.00 bits per heavy atom. The zero-order valence-corrected chi connectivity index (χ0v) is 7.57. The highest BCUT2D eigenvalue weighted by Gasteiger charge is 1.94. The summed E-state index contributed by atoms with van der Waals surface area (Å²) < 4.78 is 4.72. The summed E-state index contributed by atoms with van der Waals surface area (Å²) in [7, 11) is 0. The summed E-state index contributed by atoms with van der Waals surface area (Å²) in [6, 6.07) is 6.89. The van der Waals surface area contributed by atoms with Crippen LogP contribution in [0.3, 0.4) is 0 Å². The van der Waals surface area contributed by atoms with Gasteiger partial charge in [-0.05, 0) is 24.1 Å². The fourth-order valence-electron chi connectivity index (χ4n) is 0.755. The van der Waals surface area contributed by atoms with E-state index in [9.17, 15) is 0 Å². The fourth-order valence-corrected chi connectivity index (χ4v) is 0.755. The summed E-state index contributed by atoms with van der Waals surface area (Å²) in [6.07, 6.45) is 3.01. The molecule has 0 aliphatic carbocycles. The number of rotatable bonds is 1. The van der Waals surface area contributed by atoms with Crippen LogP contribution in [0, 0.1) is 0 Å². The van der Waals surface area contributed by atoms with Gasteiger partial charge in [-0.25, -0.2) is 0 Å². The van der Waals surface area contributed by atoms with Crippen molar-refractivity contribution in [2.24, 2.45) is 0 Å². The monoisotopic (exact) mass is 178 g/mol. The number of aromatic hydroxyl groups is 1. The van der Waals surface area contributed by atoms with Gasteiger partial charge in [-0.2, -0.15) is 0 Å². The second kappa shape index (κ2) is 5.38. The average molecular weight is 178 g/mol. The van der Waals surface area contributed by atoms with Gasteiger partial charge in [0.05, 0.1) is 0 Å². The van der Waals surface area contributed by atoms with E-state index in [1.165, 1.54) is 6.42 Å². The number of benzene rings is 1. The van der Waals surface area contributed by atoms with Gasteiger partial charge in [0.1, 0.15) is 5.75 Å². The first-order chi connectivity index (χ1) is 6.33. The SMILES string of the molecule is C1COC1.C=Cc1ccc(O)cc1. The highest BCUT2D eigenvalue weighted by atomic mass is 16.5. The molecule has 0 aromatic heterocycles. The van der Waals surface area contributed by atoms with Crippen molar-refractivity contribution in [2.45, 2.75) is 6.42 Å². The van der Waals surface area contributed by atoms with Crippen molar-refractivity contribution in [2.75, 3.05) is 13.2 Å². The van der Waals surface area contributed by atoms with Crippen molar-refractivity contribution in [3.8, 4) is 5.75 Å². The second-order valence-corrected chi connectivity index (χ2v) is 2.76. The number of hydrogen-bond acceptors (Lipinski definition) is 2. The fraction of sp³-hybridized carbons (Fsp3) is 0.273. The summed E-state index contributed by atoms with van der Waals surface area (Å²) in [6.45, 7) is 5.58. The summed E-state index contributed by atoms with van der Waals surface area (Å²) in [4.78, 5) is 0. The number of hydrogen-bond donors (Lipinski definition) is 1. The largest absolute Gasteiger partial charge is 0.508 e. The Balaban J connectivity index is 0.000000175. The molecule has 70 valence electrons. The maximum Gasteiger partial charge on any atom is 0.115 e. The van der Waals surface area contributed by atoms with E-state index in [2.05, 4.69) is 6.58 Å². The Kier molecular flexibility index (Phi) is 4.06. The third kappa shape index (κ3) is 3.76. The minimum Gasteiger partial charge on any atom is -0.508 e. The van der Waals surface area contributed by atoms with Crippen molar-refractivity contribution in [3.05, 3.63) is 36.4 Å². The van der Waals surface area contributed by atoms with Gasteiger partial charge < -0.3 is 9.84 Å². The third-order valence-corrected chi connectivity index (χ3v) is 1.71. The molecule has 13 heavy (non-hydrogen) atoms. The summed E-state index contributed by atoms with van der Waals surface area (Å²) in [5.74, 6) is 0.292. The van der Waals surface area contributed by atoms with Gasteiger partial charge in [0.2, 0.25) is 0 Å². The molecule has 1 aliphatic heterocycles. The molecule has 0 spiro atoms. The van der Waals surface area contributed by atoms with Crippen molar-refractivity contribution < 1.29 is 9.84 Å². The molecule has 1 fully saturated rings. The van der Waals surface area contributed by atoms with Crippen LogP contribution in [0.5, 0.6) is 5.75 Å². The molecule has 1 N–H and O–H groups in total. The van der Waals surface area contributed by atoms with Crippen molar-refractivity contribution in [1.82, 2.24) is 0 Å². The molecule has 1 aliphatic rings. The molecule has 1 heterocycles. The van der Waals surface area contributed by atoms with Crippen LogP contribution in [0.15, 0.2) is 30.8 Å². The first-order valence-electron chi connectivity index (χ1n) is 4.32. The molecule has 0 bridgehead atoms. The predicted molar refractivity (Wildman–Crippen MR) is 53.6 cm³/mol. The van der Waals surface area contributed by atoms with Gasteiger partial charge in [0.25, 0.3) is 0 Å². The molecular formula is C11H14O2. The van der Waals surface area contributed by atoms with E-state index in [-0.39, 0.29) is 0 Å². The smallest absolute Gasteiger partial charge is 0.115 e. The lowest BCUT2D eigenvalue weighted by Crippen LogP contribution is -2.09. The zero-order valence-electron chi connectivity index (χ0n) is 7.57. The molecule has 2 rings (SSSR count). The number of phenolic OH excluding ortho intramolecular Hbond substituents is 1. The highest BCUT2D eigenvalue weighted by molar-refractivity contribution is 5.47. The van der Waals surface area contributed by atoms with Crippen LogP contribution in [-0.2, 0) is 4.74 Å². The van der Waals surface area contributed by atoms with Gasteiger partial charge in [0, 0.05) is 13.2 Å². The quantitative estimate of drug-likeness (QED) is 0.715. The van der Waals surface area contributed by atoms with E-state index in [0.717, 1.165) is 18.8 Å². The first kappa shape index (κ1) is 9.81. The second-order valence-electron chi connectivity index (χ2n) is 2.76. The maximum absolute atomic E-state index is 8.82. The lowest BCUT2D eigenvalue weighted by atomic mass is 10.2. The highest BCUT2D eigenvalue weighted by Crippen LogP contribution is 2.09. The average Bonchev–Trinajstić information content (AvgIpc) is 2.03. The minimum absolute atomic E-state index is 0.292. The van der Waals surface area contributed by atoms with Gasteiger partial charge in [-0.15, -0.1) is 0 Å². The van der Waals surface area contributed by atoms with Gasteiger partial charge >= 0.3 is 0 Å². The Hall–Kier alpha value is -1.28. The topological polar surface area (TPSA) is 29.5 Å². The molecule has 2 heteroatoms. The van der Waals surface area contributed by atoms with Crippen LogP contribution in [0.2, 0.25) is 0 Å². The minimum atomic E-state index is 0.292. The maximum atomic E-state index is 8.82. The molecule has 1 aromatic carbocycles. The van der Waals surface area contributed by atoms with Gasteiger partial charge in [-0.3, -0.25) is 0 Å². The summed E-state index contributed by atoms with van der Waals surface area (Å²) in [5.41, 5.74) is 1.02. The lowest BCUT2D eigenvalue weighted by Gasteiger charge is -2.09. The van der Waals surface area contributed by atoms with Crippen LogP contribution in [-0.4, -0.2) is 18.3 Å². The Morgan fingerprint density at radius 1 is 1.23 bits per heavy atom. The molecule has 1 saturated heterocycles. The van der Waals surface area contributed by atoms with Crippen LogP contribution < -0.4 is 0 Å². The van der Waals surface area contributed by atoms with E-state index in [0.29, 0.717) is 5.75 Å². The van der Waals surface area contributed by atoms with E-state index in [1.54, 1.807) is 18.2 Å². The molecule has 0 radical (unpaired) electrons. The molecular weight excluding hydrogens is 164 g/mol. The van der Waals surface area contributed by atoms with Crippen LogP contribution in [0.25, 0.3) is 6.08 Å². The first-order valence-corrected chi connectivity index (χ1v) is 4.32. The van der Waals surface area contributed by atoms with Crippen LogP contribution in [0.1, 0.15) is 12.0 Å². The van der Waals surface area contributed by atoms with Gasteiger partial charge in [-0.1, -0.05) is 24.8 Å². The van der Waals surface area contributed by atoms with E-state index < -0.39 is 0 Å². The predicted octanol–water partition coefficient (Wildman–Crippen LogP) is 2.44. The molecule has 2 nitrogen and oxygen atoms in total. The third-order valence-electron chi connectivity index (χ3n) is 1.71. The van der Waals surface area contributed by atoms with E-state index in [4.69, 9.17) is 9.84 Å². The Morgan fingerprint density at radius 2 is 1.69 bits per heavy atom. The van der Waals surface area contributed by atoms with Crippen LogP contribution >= 0.6 is 0 Å². The zero-order chi connectivity index (χ0) is 9.52. The molecule has 0 atom stereocenters. The lowest BCUT2D eigenvalue weighted by molar-refractivity contribution is 0.0367. The number of ether oxygens (including phenoxy) is 1. The van der Waals surface area contributed by atoms with Crippen molar-refractivity contribution >= 4 is 6.08 Å². The normalized spacial score (nSPS) is 13.5. The Bertz CT molecular complexity index is 243. The van der Waals surface area contributed by atoms with Gasteiger partial charge in [0.15, 0.2) is 0 Å². The molecule has 0 unspecified atom stereocenters. The molecule has 1 aromatic rings. The van der Waals surface area contributed by atoms with Crippen molar-refractivity contribution in [1.29, 1.82) is 0 Å². The Labute approximate surface area is 78.5 Å². The molecule has 0 amide bonds.